The number of nitrogens with zero attached hydrogens (tertiary/aromatic N) is 2. The minimum Gasteiger partial charge on any atom is -0.488 e. The molecule has 5 heteroatoms. The van der Waals surface area contributed by atoms with Gasteiger partial charge in [0, 0.05) is 19.0 Å². The van der Waals surface area contributed by atoms with Crippen molar-refractivity contribution >= 4 is 11.6 Å². The van der Waals surface area contributed by atoms with Gasteiger partial charge in [0.15, 0.2) is 0 Å². The molecule has 0 spiro atoms. The van der Waals surface area contributed by atoms with Crippen LogP contribution >= 0.6 is 0 Å². The molecular formula is C15H18N4O. The first-order chi connectivity index (χ1) is 9.85. The van der Waals surface area contributed by atoms with Gasteiger partial charge in [-0.05, 0) is 18.6 Å². The number of rotatable bonds is 5. The van der Waals surface area contributed by atoms with Crippen LogP contribution in [0.2, 0.25) is 0 Å². The lowest BCUT2D eigenvalue weighted by Gasteiger charge is -2.12. The van der Waals surface area contributed by atoms with Gasteiger partial charge >= 0.3 is 0 Å². The normalized spacial score (nSPS) is 16.4. The van der Waals surface area contributed by atoms with Crippen LogP contribution < -0.4 is 15.4 Å². The average Bonchev–Trinajstić information content (AvgIpc) is 2.89. The van der Waals surface area contributed by atoms with Crippen molar-refractivity contribution in [2.24, 2.45) is 0 Å². The lowest BCUT2D eigenvalue weighted by molar-refractivity contribution is 0.246. The van der Waals surface area contributed by atoms with Gasteiger partial charge in [-0.15, -0.1) is 0 Å². The average molecular weight is 270 g/mol. The van der Waals surface area contributed by atoms with E-state index in [-0.39, 0.29) is 6.10 Å². The van der Waals surface area contributed by atoms with Gasteiger partial charge in [-0.3, -0.25) is 0 Å². The molecule has 3 rings (SSSR count). The Bertz CT molecular complexity index is 563. The van der Waals surface area contributed by atoms with Gasteiger partial charge in [0.1, 0.15) is 29.8 Å². The van der Waals surface area contributed by atoms with Crippen LogP contribution in [0.5, 0.6) is 5.75 Å². The maximum atomic E-state index is 5.88. The van der Waals surface area contributed by atoms with Crippen molar-refractivity contribution in [2.75, 3.05) is 23.7 Å². The van der Waals surface area contributed by atoms with E-state index >= 15 is 0 Å². The molecule has 0 saturated carbocycles. The van der Waals surface area contributed by atoms with Crippen molar-refractivity contribution in [3.8, 4) is 5.75 Å². The molecule has 2 aromatic rings. The van der Waals surface area contributed by atoms with Crippen LogP contribution in [0.1, 0.15) is 12.5 Å². The predicted octanol–water partition coefficient (Wildman–Crippen LogP) is 2.32. The summed E-state index contributed by atoms with van der Waals surface area (Å²) in [5.74, 6) is 2.64. The van der Waals surface area contributed by atoms with Crippen molar-refractivity contribution in [3.05, 3.63) is 42.2 Å². The number of fused-ring (bicyclic) bond motifs is 1. The van der Waals surface area contributed by atoms with Crippen molar-refractivity contribution in [3.63, 3.8) is 0 Å². The Morgan fingerprint density at radius 3 is 2.80 bits per heavy atom. The van der Waals surface area contributed by atoms with Crippen LogP contribution in [-0.2, 0) is 6.42 Å². The van der Waals surface area contributed by atoms with E-state index in [9.17, 15) is 0 Å². The number of hydrogen-bond donors (Lipinski definition) is 2. The molecule has 2 N–H and O–H groups in total. The Morgan fingerprint density at radius 1 is 1.20 bits per heavy atom. The van der Waals surface area contributed by atoms with Crippen LogP contribution in [0.4, 0.5) is 11.6 Å². The van der Waals surface area contributed by atoms with Gasteiger partial charge in [-0.1, -0.05) is 18.2 Å². The van der Waals surface area contributed by atoms with Crippen molar-refractivity contribution in [1.82, 2.24) is 9.97 Å². The standard InChI is InChI=1S/C15H18N4O/c1-2-16-14-8-15(19-10-18-14)17-9-12-7-11-5-3-4-6-13(11)20-12/h3-6,8,10,12H,2,7,9H2,1H3,(H2,16,17,18,19). The highest BCUT2D eigenvalue weighted by Crippen LogP contribution is 2.28. The van der Waals surface area contributed by atoms with Crippen LogP contribution in [0.15, 0.2) is 36.7 Å². The molecule has 1 aliphatic rings. The highest BCUT2D eigenvalue weighted by Gasteiger charge is 2.21. The largest absolute Gasteiger partial charge is 0.488 e. The number of hydrogen-bond acceptors (Lipinski definition) is 5. The molecule has 1 aromatic carbocycles. The van der Waals surface area contributed by atoms with E-state index in [0.717, 1.165) is 36.9 Å². The molecule has 0 bridgehead atoms. The fourth-order valence-electron chi connectivity index (χ4n) is 2.32. The van der Waals surface area contributed by atoms with Gasteiger partial charge in [0.2, 0.25) is 0 Å². The lowest BCUT2D eigenvalue weighted by Crippen LogP contribution is -2.24. The molecule has 2 heterocycles. The fourth-order valence-corrected chi connectivity index (χ4v) is 2.32. The van der Waals surface area contributed by atoms with Crippen LogP contribution in [-0.4, -0.2) is 29.2 Å². The van der Waals surface area contributed by atoms with Gasteiger partial charge in [-0.25, -0.2) is 9.97 Å². The molecule has 1 aliphatic heterocycles. The fraction of sp³-hybridized carbons (Fsp3) is 0.333. The Balaban J connectivity index is 1.57. The first-order valence-corrected chi connectivity index (χ1v) is 6.89. The molecule has 1 atom stereocenters. The molecule has 0 amide bonds. The van der Waals surface area contributed by atoms with Gasteiger partial charge in [-0.2, -0.15) is 0 Å². The van der Waals surface area contributed by atoms with E-state index in [0.29, 0.717) is 0 Å². The monoisotopic (exact) mass is 270 g/mol. The first kappa shape index (κ1) is 12.7. The topological polar surface area (TPSA) is 59.1 Å². The highest BCUT2D eigenvalue weighted by molar-refractivity contribution is 5.46. The summed E-state index contributed by atoms with van der Waals surface area (Å²) in [5, 5.41) is 6.47. The zero-order valence-electron chi connectivity index (χ0n) is 11.5. The van der Waals surface area contributed by atoms with Crippen LogP contribution in [0.3, 0.4) is 0 Å². The molecule has 5 nitrogen and oxygen atoms in total. The summed E-state index contributed by atoms with van der Waals surface area (Å²) in [6.45, 7) is 3.62. The Hall–Kier alpha value is -2.30. The minimum absolute atomic E-state index is 0.157. The van der Waals surface area contributed by atoms with Crippen molar-refractivity contribution < 1.29 is 4.74 Å². The second kappa shape index (κ2) is 5.77. The minimum atomic E-state index is 0.157. The predicted molar refractivity (Wildman–Crippen MR) is 79.2 cm³/mol. The molecule has 1 aromatic heterocycles. The van der Waals surface area contributed by atoms with E-state index in [1.54, 1.807) is 6.33 Å². The summed E-state index contributed by atoms with van der Waals surface area (Å²) >= 11 is 0. The summed E-state index contributed by atoms with van der Waals surface area (Å²) < 4.78 is 5.88. The number of ether oxygens (including phenoxy) is 1. The molecular weight excluding hydrogens is 252 g/mol. The zero-order chi connectivity index (χ0) is 13.8. The number of nitrogens with one attached hydrogen (secondary N) is 2. The van der Waals surface area contributed by atoms with E-state index in [1.807, 2.05) is 31.2 Å². The summed E-state index contributed by atoms with van der Waals surface area (Å²) in [6, 6.07) is 10.1. The Morgan fingerprint density at radius 2 is 2.00 bits per heavy atom. The lowest BCUT2D eigenvalue weighted by atomic mass is 10.1. The Labute approximate surface area is 118 Å². The number of aromatic nitrogens is 2. The second-order valence-corrected chi connectivity index (χ2v) is 4.75. The van der Waals surface area contributed by atoms with Crippen molar-refractivity contribution in [1.29, 1.82) is 0 Å². The third kappa shape index (κ3) is 2.82. The van der Waals surface area contributed by atoms with Crippen LogP contribution in [0, 0.1) is 0 Å². The maximum absolute atomic E-state index is 5.88. The quantitative estimate of drug-likeness (QED) is 0.873. The first-order valence-electron chi connectivity index (χ1n) is 6.89. The summed E-state index contributed by atoms with van der Waals surface area (Å²) in [4.78, 5) is 8.36. The molecule has 0 saturated heterocycles. The summed E-state index contributed by atoms with van der Waals surface area (Å²) in [7, 11) is 0. The molecule has 0 aliphatic carbocycles. The number of para-hydroxylation sites is 1. The molecule has 1 unspecified atom stereocenters. The van der Waals surface area contributed by atoms with Gasteiger partial charge < -0.3 is 15.4 Å². The van der Waals surface area contributed by atoms with E-state index in [4.69, 9.17) is 4.74 Å². The number of benzene rings is 1. The second-order valence-electron chi connectivity index (χ2n) is 4.75. The molecule has 104 valence electrons. The third-order valence-electron chi connectivity index (χ3n) is 3.25. The SMILES string of the molecule is CCNc1cc(NCC2Cc3ccccc3O2)ncn1. The summed E-state index contributed by atoms with van der Waals surface area (Å²) in [6.07, 6.45) is 2.66. The zero-order valence-corrected chi connectivity index (χ0v) is 11.5. The van der Waals surface area contributed by atoms with E-state index in [1.165, 1.54) is 5.56 Å². The van der Waals surface area contributed by atoms with Crippen LogP contribution in [0.25, 0.3) is 0 Å². The maximum Gasteiger partial charge on any atom is 0.131 e. The number of anilines is 2. The molecule has 0 radical (unpaired) electrons. The summed E-state index contributed by atoms with van der Waals surface area (Å²) in [5.41, 5.74) is 1.27. The van der Waals surface area contributed by atoms with E-state index < -0.39 is 0 Å². The molecule has 20 heavy (non-hydrogen) atoms. The highest BCUT2D eigenvalue weighted by atomic mass is 16.5. The molecule has 0 fully saturated rings. The smallest absolute Gasteiger partial charge is 0.131 e. The van der Waals surface area contributed by atoms with Crippen molar-refractivity contribution in [2.45, 2.75) is 19.4 Å². The third-order valence-corrected chi connectivity index (χ3v) is 3.25. The van der Waals surface area contributed by atoms with Gasteiger partial charge in [0.05, 0.1) is 6.54 Å². The van der Waals surface area contributed by atoms with E-state index in [2.05, 4.69) is 26.7 Å². The van der Waals surface area contributed by atoms with Gasteiger partial charge in [0.25, 0.3) is 0 Å². The Kier molecular flexibility index (Phi) is 3.67.